The van der Waals surface area contributed by atoms with Gasteiger partial charge in [0.1, 0.15) is 30.0 Å². The molecule has 1 aliphatic carbocycles. The second kappa shape index (κ2) is 8.25. The molecule has 0 amide bonds. The Morgan fingerprint density at radius 3 is 2.46 bits per heavy atom. The number of carbonyl (C=O) groups is 2. The van der Waals surface area contributed by atoms with Gasteiger partial charge in [-0.05, 0) is 42.5 Å². The van der Waals surface area contributed by atoms with Crippen molar-refractivity contribution in [1.29, 1.82) is 0 Å². The zero-order valence-corrected chi connectivity index (χ0v) is 16.9. The molecule has 1 saturated carbocycles. The molecule has 1 aromatic rings. The van der Waals surface area contributed by atoms with Gasteiger partial charge in [-0.1, -0.05) is 20.8 Å². The first kappa shape index (κ1) is 20.2. The fourth-order valence-corrected chi connectivity index (χ4v) is 3.55. The van der Waals surface area contributed by atoms with Crippen LogP contribution < -0.4 is 9.47 Å². The number of ether oxygens (including phenoxy) is 4. The molecule has 1 fully saturated rings. The Labute approximate surface area is 165 Å². The average molecular weight is 388 g/mol. The van der Waals surface area contributed by atoms with Crippen molar-refractivity contribution in [3.05, 3.63) is 36.3 Å². The molecule has 0 saturated heterocycles. The second-order valence-electron chi connectivity index (χ2n) is 8.57. The lowest BCUT2D eigenvalue weighted by molar-refractivity contribution is -0.157. The van der Waals surface area contributed by atoms with Crippen molar-refractivity contribution in [2.45, 2.75) is 58.7 Å². The summed E-state index contributed by atoms with van der Waals surface area (Å²) in [7, 11) is 1.59. The Morgan fingerprint density at radius 1 is 1.14 bits per heavy atom. The molecule has 3 unspecified atom stereocenters. The van der Waals surface area contributed by atoms with Crippen molar-refractivity contribution < 1.29 is 28.5 Å². The van der Waals surface area contributed by atoms with Crippen LogP contribution >= 0.6 is 0 Å². The third-order valence-electron chi connectivity index (χ3n) is 4.93. The molecule has 152 valence electrons. The highest BCUT2D eigenvalue weighted by Gasteiger charge is 2.42. The topological polar surface area (TPSA) is 71.1 Å². The van der Waals surface area contributed by atoms with Gasteiger partial charge < -0.3 is 18.9 Å². The number of rotatable bonds is 5. The monoisotopic (exact) mass is 388 g/mol. The lowest BCUT2D eigenvalue weighted by Crippen LogP contribution is -2.43. The molecule has 1 aromatic carbocycles. The van der Waals surface area contributed by atoms with Gasteiger partial charge in [-0.25, -0.2) is 0 Å². The quantitative estimate of drug-likeness (QED) is 0.709. The normalized spacial score (nSPS) is 24.5. The Bertz CT molecular complexity index is 743. The van der Waals surface area contributed by atoms with E-state index in [0.717, 1.165) is 0 Å². The smallest absolute Gasteiger partial charge is 0.306 e. The highest BCUT2D eigenvalue weighted by molar-refractivity contribution is 5.96. The minimum Gasteiger partial charge on any atom is -0.497 e. The molecule has 0 bridgehead atoms. The lowest BCUT2D eigenvalue weighted by Gasteiger charge is -2.37. The molecule has 28 heavy (non-hydrogen) atoms. The van der Waals surface area contributed by atoms with Gasteiger partial charge in [-0.2, -0.15) is 0 Å². The van der Waals surface area contributed by atoms with Crippen LogP contribution in [0.1, 0.15) is 46.5 Å². The second-order valence-corrected chi connectivity index (χ2v) is 8.57. The van der Waals surface area contributed by atoms with E-state index in [2.05, 4.69) is 0 Å². The van der Waals surface area contributed by atoms with E-state index >= 15 is 0 Å². The van der Waals surface area contributed by atoms with E-state index in [4.69, 9.17) is 18.9 Å². The average Bonchev–Trinajstić information content (AvgIpc) is 2.63. The van der Waals surface area contributed by atoms with Crippen LogP contribution in [0.4, 0.5) is 0 Å². The minimum atomic E-state index is -0.281. The first-order chi connectivity index (χ1) is 13.2. The molecular weight excluding hydrogens is 360 g/mol. The van der Waals surface area contributed by atoms with Gasteiger partial charge in [-0.3, -0.25) is 9.59 Å². The molecule has 2 aliphatic rings. The highest BCUT2D eigenvalue weighted by atomic mass is 16.6. The number of benzene rings is 1. The zero-order valence-electron chi connectivity index (χ0n) is 16.9. The fraction of sp³-hybridized carbons (Fsp3) is 0.545. The number of fused-ring (bicyclic) bond motifs is 1. The van der Waals surface area contributed by atoms with E-state index in [1.165, 1.54) is 6.26 Å². The molecule has 6 nitrogen and oxygen atoms in total. The van der Waals surface area contributed by atoms with Crippen molar-refractivity contribution in [3.8, 4) is 11.5 Å². The first-order valence-electron chi connectivity index (χ1n) is 9.66. The Hall–Kier alpha value is -2.50. The van der Waals surface area contributed by atoms with Crippen LogP contribution in [0.5, 0.6) is 11.5 Å². The third kappa shape index (κ3) is 5.06. The zero-order chi connectivity index (χ0) is 20.3. The van der Waals surface area contributed by atoms with Gasteiger partial charge in [0.15, 0.2) is 0 Å². The van der Waals surface area contributed by atoms with Gasteiger partial charge >= 0.3 is 5.97 Å². The van der Waals surface area contributed by atoms with Crippen LogP contribution in [0, 0.1) is 11.3 Å². The molecule has 3 atom stereocenters. The number of hydrogen-bond acceptors (Lipinski definition) is 6. The van der Waals surface area contributed by atoms with E-state index in [1.807, 2.05) is 20.8 Å². The molecule has 1 heterocycles. The summed E-state index contributed by atoms with van der Waals surface area (Å²) in [4.78, 5) is 24.9. The molecule has 0 spiro atoms. The van der Waals surface area contributed by atoms with Gasteiger partial charge in [0.2, 0.25) is 11.5 Å². The minimum absolute atomic E-state index is 0.0634. The maximum Gasteiger partial charge on any atom is 0.306 e. The van der Waals surface area contributed by atoms with Gasteiger partial charge in [0.05, 0.1) is 19.4 Å². The third-order valence-corrected chi connectivity index (χ3v) is 4.93. The molecule has 3 rings (SSSR count). The molecular formula is C22H28O6. The maximum atomic E-state index is 12.8. The van der Waals surface area contributed by atoms with E-state index in [0.29, 0.717) is 37.2 Å². The van der Waals surface area contributed by atoms with Gasteiger partial charge in [0, 0.05) is 6.42 Å². The van der Waals surface area contributed by atoms with E-state index in [9.17, 15) is 9.59 Å². The van der Waals surface area contributed by atoms with Crippen LogP contribution in [0.15, 0.2) is 36.3 Å². The standard InChI is InChI=1S/C22H28O6/c1-22(2,3)12-20(23)28-16-9-10-17-18(11-16)26-13-19(21(17)24)27-15-7-5-14(25-4)6-8-15/h5-8,13,16-18H,9-12H2,1-4H3. The van der Waals surface area contributed by atoms with Crippen molar-refractivity contribution in [1.82, 2.24) is 0 Å². The molecule has 0 radical (unpaired) electrons. The molecule has 1 aliphatic heterocycles. The van der Waals surface area contributed by atoms with Gasteiger partial charge in [-0.15, -0.1) is 0 Å². The summed E-state index contributed by atoms with van der Waals surface area (Å²) in [5.41, 5.74) is -0.109. The van der Waals surface area contributed by atoms with Crippen molar-refractivity contribution in [2.75, 3.05) is 7.11 Å². The van der Waals surface area contributed by atoms with E-state index < -0.39 is 0 Å². The predicted molar refractivity (Wildman–Crippen MR) is 103 cm³/mol. The van der Waals surface area contributed by atoms with Gasteiger partial charge in [0.25, 0.3) is 0 Å². The summed E-state index contributed by atoms with van der Waals surface area (Å²) in [6.45, 7) is 6.01. The van der Waals surface area contributed by atoms with Crippen LogP contribution in [-0.4, -0.2) is 31.1 Å². The summed E-state index contributed by atoms with van der Waals surface area (Å²) in [5, 5.41) is 0. The first-order valence-corrected chi connectivity index (χ1v) is 9.66. The predicted octanol–water partition coefficient (Wildman–Crippen LogP) is 4.03. The number of esters is 1. The molecule has 6 heteroatoms. The van der Waals surface area contributed by atoms with E-state index in [-0.39, 0.29) is 41.1 Å². The largest absolute Gasteiger partial charge is 0.497 e. The van der Waals surface area contributed by atoms with Crippen molar-refractivity contribution >= 4 is 11.8 Å². The Balaban J connectivity index is 1.58. The van der Waals surface area contributed by atoms with Crippen molar-refractivity contribution in [3.63, 3.8) is 0 Å². The number of ketones is 1. The Morgan fingerprint density at radius 2 is 1.82 bits per heavy atom. The van der Waals surface area contributed by atoms with Crippen molar-refractivity contribution in [2.24, 2.45) is 11.3 Å². The fourth-order valence-electron chi connectivity index (χ4n) is 3.55. The van der Waals surface area contributed by atoms with Crippen LogP contribution in [0.25, 0.3) is 0 Å². The summed E-state index contributed by atoms with van der Waals surface area (Å²) in [6.07, 6.45) is 3.06. The summed E-state index contributed by atoms with van der Waals surface area (Å²) in [6, 6.07) is 7.02. The summed E-state index contributed by atoms with van der Waals surface area (Å²) < 4.78 is 22.2. The summed E-state index contributed by atoms with van der Waals surface area (Å²) in [5.74, 6) is 0.938. The number of carbonyl (C=O) groups excluding carboxylic acids is 2. The summed E-state index contributed by atoms with van der Waals surface area (Å²) >= 11 is 0. The molecule has 0 N–H and O–H groups in total. The maximum absolute atomic E-state index is 12.8. The van der Waals surface area contributed by atoms with Crippen LogP contribution in [-0.2, 0) is 19.1 Å². The SMILES string of the molecule is COc1ccc(OC2=COC3CC(OC(=O)CC(C)(C)C)CCC3C2=O)cc1. The number of methoxy groups -OCH3 is 1. The van der Waals surface area contributed by atoms with Crippen LogP contribution in [0.3, 0.4) is 0 Å². The van der Waals surface area contributed by atoms with E-state index in [1.54, 1.807) is 31.4 Å². The number of hydrogen-bond donors (Lipinski definition) is 0. The lowest BCUT2D eigenvalue weighted by atomic mass is 9.80. The Kier molecular flexibility index (Phi) is 5.96. The van der Waals surface area contributed by atoms with Crippen LogP contribution in [0.2, 0.25) is 0 Å². The number of Topliss-reactive ketones (excluding diaryl/α,β-unsaturated/α-hetero) is 1. The molecule has 0 aromatic heterocycles. The highest BCUT2D eigenvalue weighted by Crippen LogP contribution is 2.35. The number of allylic oxidation sites excluding steroid dienone is 1.